The fourth-order valence-corrected chi connectivity index (χ4v) is 9.01. The van der Waals surface area contributed by atoms with Gasteiger partial charge in [-0.2, -0.15) is 0 Å². The Balaban J connectivity index is 4.35. The second-order valence-electron chi connectivity index (χ2n) is 21.3. The summed E-state index contributed by atoms with van der Waals surface area (Å²) in [5.74, 6) is -0.894. The van der Waals surface area contributed by atoms with Crippen LogP contribution in [-0.4, -0.2) is 37.2 Å². The Labute approximate surface area is 470 Å². The molecule has 0 aliphatic rings. The molecular weight excluding hydrogens is 937 g/mol. The van der Waals surface area contributed by atoms with Gasteiger partial charge in [-0.05, 0) is 103 Å². The fraction of sp³-hybridized carbons (Fsp3) is 0.729. The minimum absolute atomic E-state index is 0.0819. The minimum Gasteiger partial charge on any atom is -0.462 e. The molecule has 0 aliphatic heterocycles. The van der Waals surface area contributed by atoms with Crippen molar-refractivity contribution < 1.29 is 28.6 Å². The molecule has 0 aliphatic carbocycles. The molecule has 0 amide bonds. The average Bonchev–Trinajstić information content (AvgIpc) is 3.42. The second kappa shape index (κ2) is 63.9. The lowest BCUT2D eigenvalue weighted by atomic mass is 10.0. The van der Waals surface area contributed by atoms with Crippen LogP contribution >= 0.6 is 0 Å². The SMILES string of the molecule is CC/C=C\C/C=C\C/C=C\C/C=C\C/C=C\C/C=C\C/C=C\CCCCCCCC(=O)OCC(COC(=O)CCCCCCCCCCCCCC)OC(=O)CCCCCCCCCCC/C=C\CCCCCCCC. The van der Waals surface area contributed by atoms with E-state index in [0.717, 1.165) is 122 Å². The van der Waals surface area contributed by atoms with E-state index in [1.54, 1.807) is 0 Å². The zero-order valence-electron chi connectivity index (χ0n) is 50.0. The van der Waals surface area contributed by atoms with Crippen LogP contribution in [0.15, 0.2) is 97.2 Å². The average molecular weight is 1060 g/mol. The summed E-state index contributed by atoms with van der Waals surface area (Å²) in [6.45, 7) is 6.53. The van der Waals surface area contributed by atoms with Gasteiger partial charge >= 0.3 is 17.9 Å². The molecule has 6 heteroatoms. The Morgan fingerprint density at radius 3 is 0.816 bits per heavy atom. The molecular formula is C70H120O6. The summed E-state index contributed by atoms with van der Waals surface area (Å²) in [5, 5.41) is 0. The Morgan fingerprint density at radius 2 is 0.513 bits per heavy atom. The molecule has 0 aromatic heterocycles. The third-order valence-corrected chi connectivity index (χ3v) is 13.8. The molecule has 0 fully saturated rings. The first kappa shape index (κ1) is 72.3. The van der Waals surface area contributed by atoms with Crippen LogP contribution in [0.1, 0.15) is 310 Å². The number of esters is 3. The van der Waals surface area contributed by atoms with Gasteiger partial charge in [0, 0.05) is 19.3 Å². The molecule has 0 spiro atoms. The third kappa shape index (κ3) is 61.2. The summed E-state index contributed by atoms with van der Waals surface area (Å²) in [6.07, 6.45) is 85.5. The van der Waals surface area contributed by atoms with Crippen molar-refractivity contribution in [1.29, 1.82) is 0 Å². The van der Waals surface area contributed by atoms with Crippen molar-refractivity contribution in [2.45, 2.75) is 316 Å². The first-order chi connectivity index (χ1) is 37.5. The molecule has 0 saturated carbocycles. The lowest BCUT2D eigenvalue weighted by Crippen LogP contribution is -2.30. The number of ether oxygens (including phenoxy) is 3. The monoisotopic (exact) mass is 1060 g/mol. The van der Waals surface area contributed by atoms with Gasteiger partial charge in [-0.1, -0.05) is 285 Å². The molecule has 76 heavy (non-hydrogen) atoms. The van der Waals surface area contributed by atoms with E-state index in [4.69, 9.17) is 14.2 Å². The predicted octanol–water partition coefficient (Wildman–Crippen LogP) is 22.0. The summed E-state index contributed by atoms with van der Waals surface area (Å²) < 4.78 is 16.9. The van der Waals surface area contributed by atoms with Crippen LogP contribution in [-0.2, 0) is 28.6 Å². The van der Waals surface area contributed by atoms with Crippen LogP contribution in [0.3, 0.4) is 0 Å². The summed E-state index contributed by atoms with van der Waals surface area (Å²) in [5.41, 5.74) is 0. The molecule has 0 heterocycles. The van der Waals surface area contributed by atoms with Crippen LogP contribution in [0, 0.1) is 0 Å². The zero-order chi connectivity index (χ0) is 55.0. The van der Waals surface area contributed by atoms with Crippen molar-refractivity contribution in [3.63, 3.8) is 0 Å². The first-order valence-electron chi connectivity index (χ1n) is 32.2. The standard InChI is InChI=1S/C70H120O6/c1-4-7-10-13-16-19-22-25-27-29-31-32-33-34-35-36-37-38-40-41-43-45-48-51-54-57-60-63-69(72)75-66-67(65-74-68(71)62-59-56-53-50-47-24-21-18-15-12-9-6-3)76-70(73)64-61-58-55-52-49-46-44-42-39-30-28-26-23-20-17-14-11-8-5-2/h7,10,16,19,25-28,31-32,34-35,37-38,41,43,67H,4-6,8-9,11-15,17-18,20-24,29-30,33,36,39-40,42,44-66H2,1-3H3/b10-7-,19-16-,27-25-,28-26-,32-31-,35-34-,38-37-,43-41-. The van der Waals surface area contributed by atoms with Crippen molar-refractivity contribution in [1.82, 2.24) is 0 Å². The molecule has 1 atom stereocenters. The van der Waals surface area contributed by atoms with Gasteiger partial charge in [0.15, 0.2) is 6.10 Å². The summed E-state index contributed by atoms with van der Waals surface area (Å²) in [7, 11) is 0. The van der Waals surface area contributed by atoms with Gasteiger partial charge in [0.1, 0.15) is 13.2 Å². The second-order valence-corrected chi connectivity index (χ2v) is 21.3. The topological polar surface area (TPSA) is 78.9 Å². The van der Waals surface area contributed by atoms with Gasteiger partial charge < -0.3 is 14.2 Å². The summed E-state index contributed by atoms with van der Waals surface area (Å²) in [6, 6.07) is 0. The Morgan fingerprint density at radius 1 is 0.276 bits per heavy atom. The van der Waals surface area contributed by atoms with Crippen molar-refractivity contribution in [2.24, 2.45) is 0 Å². The summed E-state index contributed by atoms with van der Waals surface area (Å²) >= 11 is 0. The fourth-order valence-electron chi connectivity index (χ4n) is 9.01. The van der Waals surface area contributed by atoms with Crippen molar-refractivity contribution in [3.05, 3.63) is 97.2 Å². The Kier molecular flexibility index (Phi) is 60.8. The van der Waals surface area contributed by atoms with Gasteiger partial charge in [-0.3, -0.25) is 14.4 Å². The van der Waals surface area contributed by atoms with Crippen molar-refractivity contribution in [2.75, 3.05) is 13.2 Å². The molecule has 1 unspecified atom stereocenters. The van der Waals surface area contributed by atoms with Gasteiger partial charge in [0.25, 0.3) is 0 Å². The smallest absolute Gasteiger partial charge is 0.306 e. The van der Waals surface area contributed by atoms with Gasteiger partial charge in [0.2, 0.25) is 0 Å². The van der Waals surface area contributed by atoms with E-state index in [9.17, 15) is 14.4 Å². The Bertz CT molecular complexity index is 1490. The normalized spacial score (nSPS) is 12.7. The summed E-state index contributed by atoms with van der Waals surface area (Å²) in [4.78, 5) is 38.3. The maximum absolute atomic E-state index is 12.9. The third-order valence-electron chi connectivity index (χ3n) is 13.8. The Hall–Kier alpha value is -3.67. The molecule has 436 valence electrons. The van der Waals surface area contributed by atoms with E-state index in [2.05, 4.69) is 118 Å². The number of unbranched alkanes of at least 4 members (excludes halogenated alkanes) is 31. The van der Waals surface area contributed by atoms with Crippen molar-refractivity contribution in [3.8, 4) is 0 Å². The van der Waals surface area contributed by atoms with Gasteiger partial charge in [-0.15, -0.1) is 0 Å². The maximum atomic E-state index is 12.9. The molecule has 0 aromatic rings. The minimum atomic E-state index is -0.786. The van der Waals surface area contributed by atoms with Crippen LogP contribution in [0.5, 0.6) is 0 Å². The van der Waals surface area contributed by atoms with Crippen LogP contribution in [0.4, 0.5) is 0 Å². The predicted molar refractivity (Wildman–Crippen MR) is 330 cm³/mol. The molecule has 0 N–H and O–H groups in total. The van der Waals surface area contributed by atoms with E-state index in [1.165, 1.54) is 148 Å². The molecule has 0 saturated heterocycles. The largest absolute Gasteiger partial charge is 0.462 e. The molecule has 0 radical (unpaired) electrons. The first-order valence-corrected chi connectivity index (χ1v) is 32.2. The number of hydrogen-bond acceptors (Lipinski definition) is 6. The highest BCUT2D eigenvalue weighted by Crippen LogP contribution is 2.16. The highest BCUT2D eigenvalue weighted by atomic mass is 16.6. The number of hydrogen-bond donors (Lipinski definition) is 0. The highest BCUT2D eigenvalue weighted by Gasteiger charge is 2.19. The van der Waals surface area contributed by atoms with E-state index < -0.39 is 6.10 Å². The van der Waals surface area contributed by atoms with E-state index >= 15 is 0 Å². The molecule has 0 aromatic carbocycles. The lowest BCUT2D eigenvalue weighted by molar-refractivity contribution is -0.167. The quantitative estimate of drug-likeness (QED) is 0.0261. The molecule has 6 nitrogen and oxygen atoms in total. The lowest BCUT2D eigenvalue weighted by Gasteiger charge is -2.18. The number of carbonyl (C=O) groups is 3. The van der Waals surface area contributed by atoms with Crippen molar-refractivity contribution >= 4 is 17.9 Å². The highest BCUT2D eigenvalue weighted by molar-refractivity contribution is 5.71. The van der Waals surface area contributed by atoms with E-state index in [-0.39, 0.29) is 31.1 Å². The van der Waals surface area contributed by atoms with E-state index in [1.807, 2.05) is 0 Å². The number of allylic oxidation sites excluding steroid dienone is 16. The maximum Gasteiger partial charge on any atom is 0.306 e. The number of rotatable bonds is 58. The van der Waals surface area contributed by atoms with E-state index in [0.29, 0.717) is 19.3 Å². The van der Waals surface area contributed by atoms with Gasteiger partial charge in [-0.25, -0.2) is 0 Å². The molecule has 0 rings (SSSR count). The van der Waals surface area contributed by atoms with Crippen LogP contribution < -0.4 is 0 Å². The molecule has 0 bridgehead atoms. The number of carbonyl (C=O) groups excluding carboxylic acids is 3. The van der Waals surface area contributed by atoms with Gasteiger partial charge in [0.05, 0.1) is 0 Å². The van der Waals surface area contributed by atoms with Crippen LogP contribution in [0.25, 0.3) is 0 Å². The zero-order valence-corrected chi connectivity index (χ0v) is 50.0. The van der Waals surface area contributed by atoms with Crippen LogP contribution in [0.2, 0.25) is 0 Å².